The van der Waals surface area contributed by atoms with Crippen LogP contribution >= 0.6 is 11.6 Å². The molecule has 0 aromatic heterocycles. The zero-order valence-electron chi connectivity index (χ0n) is 16.3. The van der Waals surface area contributed by atoms with Crippen LogP contribution in [0.2, 0.25) is 5.02 Å². The molecule has 1 aliphatic rings. The van der Waals surface area contributed by atoms with Crippen LogP contribution in [-0.2, 0) is 11.0 Å². The number of piperazine rings is 1. The lowest BCUT2D eigenvalue weighted by Gasteiger charge is -2.33. The molecule has 0 radical (unpaired) electrons. The zero-order valence-corrected chi connectivity index (χ0v) is 17.1. The van der Waals surface area contributed by atoms with E-state index in [0.717, 1.165) is 43.4 Å². The van der Waals surface area contributed by atoms with Crippen molar-refractivity contribution in [2.45, 2.75) is 6.18 Å². The summed E-state index contributed by atoms with van der Waals surface area (Å²) < 4.78 is 38.6. The van der Waals surface area contributed by atoms with Gasteiger partial charge in [-0.3, -0.25) is 14.6 Å². The van der Waals surface area contributed by atoms with Crippen LogP contribution in [0.1, 0.15) is 11.1 Å². The Morgan fingerprint density at radius 1 is 1.03 bits per heavy atom. The summed E-state index contributed by atoms with van der Waals surface area (Å²) in [4.78, 5) is 16.6. The molecular weight excluding hydrogens is 415 g/mol. The van der Waals surface area contributed by atoms with Gasteiger partial charge in [0.15, 0.2) is 0 Å². The summed E-state index contributed by atoms with van der Waals surface area (Å²) in [7, 11) is 0. The second kappa shape index (κ2) is 10.1. The van der Waals surface area contributed by atoms with Crippen molar-refractivity contribution in [1.29, 1.82) is 0 Å². The molecule has 0 aliphatic carbocycles. The van der Waals surface area contributed by atoms with Gasteiger partial charge in [0.05, 0.1) is 22.8 Å². The van der Waals surface area contributed by atoms with Gasteiger partial charge in [-0.2, -0.15) is 13.2 Å². The van der Waals surface area contributed by atoms with Crippen LogP contribution in [0.5, 0.6) is 0 Å². The highest BCUT2D eigenvalue weighted by molar-refractivity contribution is 6.33. The van der Waals surface area contributed by atoms with E-state index < -0.39 is 11.7 Å². The monoisotopic (exact) mass is 437 g/mol. The Balaban J connectivity index is 1.45. The Kier molecular flexibility index (Phi) is 7.53. The Morgan fingerprint density at radius 2 is 1.70 bits per heavy atom. The van der Waals surface area contributed by atoms with Crippen molar-refractivity contribution in [2.24, 2.45) is 0 Å². The largest absolute Gasteiger partial charge is 0.416 e. The predicted octanol–water partition coefficient (Wildman–Crippen LogP) is 4.63. The maximum absolute atomic E-state index is 12.9. The minimum Gasteiger partial charge on any atom is -0.324 e. The van der Waals surface area contributed by atoms with Crippen molar-refractivity contribution in [2.75, 3.05) is 44.6 Å². The summed E-state index contributed by atoms with van der Waals surface area (Å²) in [5.74, 6) is -0.381. The van der Waals surface area contributed by atoms with Gasteiger partial charge in [-0.05, 0) is 23.8 Å². The van der Waals surface area contributed by atoms with Crippen LogP contribution in [0.3, 0.4) is 0 Å². The van der Waals surface area contributed by atoms with Gasteiger partial charge in [-0.15, -0.1) is 0 Å². The van der Waals surface area contributed by atoms with E-state index in [4.69, 9.17) is 11.6 Å². The number of nitrogens with one attached hydrogen (secondary N) is 1. The summed E-state index contributed by atoms with van der Waals surface area (Å²) in [6, 6.07) is 13.0. The van der Waals surface area contributed by atoms with Crippen LogP contribution < -0.4 is 5.32 Å². The third kappa shape index (κ3) is 6.58. The fourth-order valence-electron chi connectivity index (χ4n) is 3.22. The molecule has 1 amide bonds. The second-order valence-electron chi connectivity index (χ2n) is 7.13. The van der Waals surface area contributed by atoms with E-state index in [0.29, 0.717) is 13.1 Å². The molecule has 3 rings (SSSR count). The van der Waals surface area contributed by atoms with Crippen molar-refractivity contribution < 1.29 is 18.0 Å². The molecule has 1 N–H and O–H groups in total. The Labute approximate surface area is 178 Å². The minimum atomic E-state index is -4.49. The molecule has 0 bridgehead atoms. The number of amides is 1. The number of halogens is 4. The summed E-state index contributed by atoms with van der Waals surface area (Å²) in [6.07, 6.45) is -0.290. The fourth-order valence-corrected chi connectivity index (χ4v) is 3.39. The highest BCUT2D eigenvalue weighted by atomic mass is 35.5. The number of carbonyl (C=O) groups excluding carboxylic acids is 1. The van der Waals surface area contributed by atoms with Crippen molar-refractivity contribution >= 4 is 29.3 Å². The molecule has 0 atom stereocenters. The van der Waals surface area contributed by atoms with Gasteiger partial charge in [0.2, 0.25) is 5.91 Å². The molecule has 2 aromatic carbocycles. The highest BCUT2D eigenvalue weighted by Crippen LogP contribution is 2.33. The number of hydrogen-bond acceptors (Lipinski definition) is 3. The molecule has 1 heterocycles. The van der Waals surface area contributed by atoms with Crippen LogP contribution in [0.25, 0.3) is 6.08 Å². The first-order valence-corrected chi connectivity index (χ1v) is 10.0. The first-order chi connectivity index (χ1) is 14.3. The topological polar surface area (TPSA) is 35.6 Å². The first-order valence-electron chi connectivity index (χ1n) is 9.64. The summed E-state index contributed by atoms with van der Waals surface area (Å²) >= 11 is 5.94. The molecular formula is C22H23ClF3N3O. The molecule has 8 heteroatoms. The molecule has 0 saturated carbocycles. The molecule has 0 unspecified atom stereocenters. The molecule has 160 valence electrons. The third-order valence-electron chi connectivity index (χ3n) is 4.87. The van der Waals surface area contributed by atoms with E-state index in [2.05, 4.69) is 22.4 Å². The molecule has 2 aromatic rings. The van der Waals surface area contributed by atoms with Gasteiger partial charge in [-0.25, -0.2) is 0 Å². The first kappa shape index (κ1) is 22.3. The van der Waals surface area contributed by atoms with Crippen LogP contribution in [-0.4, -0.2) is 55.0 Å². The lowest BCUT2D eigenvalue weighted by Crippen LogP contribution is -2.48. The maximum Gasteiger partial charge on any atom is 0.416 e. The van der Waals surface area contributed by atoms with Gasteiger partial charge < -0.3 is 5.32 Å². The van der Waals surface area contributed by atoms with Crippen molar-refractivity contribution in [1.82, 2.24) is 9.80 Å². The average Bonchev–Trinajstić information content (AvgIpc) is 2.71. The Hall–Kier alpha value is -2.35. The van der Waals surface area contributed by atoms with E-state index in [1.54, 1.807) is 0 Å². The number of nitrogens with zero attached hydrogens (tertiary/aromatic N) is 2. The van der Waals surface area contributed by atoms with Gasteiger partial charge in [0, 0.05) is 32.7 Å². The number of alkyl halides is 3. The predicted molar refractivity (Wildman–Crippen MR) is 113 cm³/mol. The maximum atomic E-state index is 12.9. The van der Waals surface area contributed by atoms with Gasteiger partial charge in [0.1, 0.15) is 0 Å². The standard InChI is InChI=1S/C22H23ClF3N3O/c23-19-9-8-18(22(24,25)26)15-20(19)27-21(30)16-29-13-11-28(12-14-29)10-4-7-17-5-2-1-3-6-17/h1-9,15H,10-14,16H2,(H,27,30)/b7-4+. The summed E-state index contributed by atoms with van der Waals surface area (Å²) in [5.41, 5.74) is 0.279. The Morgan fingerprint density at radius 3 is 2.37 bits per heavy atom. The number of carbonyl (C=O) groups is 1. The molecule has 1 fully saturated rings. The van der Waals surface area contributed by atoms with E-state index in [1.807, 2.05) is 35.2 Å². The van der Waals surface area contributed by atoms with E-state index in [9.17, 15) is 18.0 Å². The molecule has 30 heavy (non-hydrogen) atoms. The van der Waals surface area contributed by atoms with Crippen molar-refractivity contribution in [3.8, 4) is 0 Å². The minimum absolute atomic E-state index is 0.0267. The molecule has 0 spiro atoms. The average molecular weight is 438 g/mol. The lowest BCUT2D eigenvalue weighted by molar-refractivity contribution is -0.137. The van der Waals surface area contributed by atoms with E-state index in [1.165, 1.54) is 0 Å². The molecule has 4 nitrogen and oxygen atoms in total. The summed E-state index contributed by atoms with van der Waals surface area (Å²) in [5, 5.41) is 2.57. The normalized spacial score (nSPS) is 16.1. The SMILES string of the molecule is O=C(CN1CCN(C/C=C/c2ccccc2)CC1)Nc1cc(C(F)(F)F)ccc1Cl. The van der Waals surface area contributed by atoms with E-state index in [-0.39, 0.29) is 23.2 Å². The summed E-state index contributed by atoms with van der Waals surface area (Å²) in [6.45, 7) is 3.99. The number of anilines is 1. The van der Waals surface area contributed by atoms with Crippen LogP contribution in [0, 0.1) is 0 Å². The fraction of sp³-hybridized carbons (Fsp3) is 0.318. The molecule has 1 saturated heterocycles. The van der Waals surface area contributed by atoms with E-state index >= 15 is 0 Å². The van der Waals surface area contributed by atoms with Gasteiger partial charge in [-0.1, -0.05) is 54.1 Å². The van der Waals surface area contributed by atoms with Crippen molar-refractivity contribution in [3.05, 3.63) is 70.8 Å². The number of rotatable bonds is 6. The van der Waals surface area contributed by atoms with Gasteiger partial charge in [0.25, 0.3) is 0 Å². The Bertz CT molecular complexity index is 879. The number of hydrogen-bond donors (Lipinski definition) is 1. The zero-order chi connectivity index (χ0) is 21.6. The second-order valence-corrected chi connectivity index (χ2v) is 7.54. The molecule has 1 aliphatic heterocycles. The van der Waals surface area contributed by atoms with Crippen LogP contribution in [0.4, 0.5) is 18.9 Å². The number of benzene rings is 2. The highest BCUT2D eigenvalue weighted by Gasteiger charge is 2.31. The van der Waals surface area contributed by atoms with Gasteiger partial charge >= 0.3 is 6.18 Å². The van der Waals surface area contributed by atoms with Crippen LogP contribution in [0.15, 0.2) is 54.6 Å². The quantitative estimate of drug-likeness (QED) is 0.715. The van der Waals surface area contributed by atoms with Crippen molar-refractivity contribution in [3.63, 3.8) is 0 Å². The smallest absolute Gasteiger partial charge is 0.324 e. The lowest BCUT2D eigenvalue weighted by atomic mass is 10.2. The third-order valence-corrected chi connectivity index (χ3v) is 5.20.